The molecule has 0 aliphatic rings. The van der Waals surface area contributed by atoms with Crippen molar-refractivity contribution in [2.24, 2.45) is 0 Å². The summed E-state index contributed by atoms with van der Waals surface area (Å²) in [6.45, 7) is 9.86. The van der Waals surface area contributed by atoms with Gasteiger partial charge >= 0.3 is 0 Å². The molecule has 0 saturated carbocycles. The first-order valence-corrected chi connectivity index (χ1v) is 5.26. The second-order valence-electron chi connectivity index (χ2n) is 2.68. The fraction of sp³-hybridized carbons (Fsp3) is 0.333. The van der Waals surface area contributed by atoms with E-state index in [4.69, 9.17) is 0 Å². The Bertz CT molecular complexity index is 282. The van der Waals surface area contributed by atoms with Gasteiger partial charge in [-0.3, -0.25) is 0 Å². The first kappa shape index (κ1) is 16.1. The van der Waals surface area contributed by atoms with Gasteiger partial charge in [0.2, 0.25) is 0 Å². The zero-order valence-corrected chi connectivity index (χ0v) is 9.46. The van der Waals surface area contributed by atoms with Crippen LogP contribution in [0.15, 0.2) is 36.9 Å². The molecular weight excluding hydrogens is 180 g/mol. The van der Waals surface area contributed by atoms with Gasteiger partial charge in [-0.1, -0.05) is 71.2 Å². The molecule has 84 valence electrons. The first-order chi connectivity index (χ1) is 6.86. The minimum absolute atomic E-state index is 0. The number of benzene rings is 1. The molecule has 0 bridgehead atoms. The second kappa shape index (κ2) is 10.8. The minimum Gasteiger partial charge on any atom is -0.0985 e. The Morgan fingerprint density at radius 1 is 1.20 bits per heavy atom. The van der Waals surface area contributed by atoms with Gasteiger partial charge < -0.3 is 0 Å². The maximum Gasteiger partial charge on any atom is -0.0254 e. The summed E-state index contributed by atoms with van der Waals surface area (Å²) in [5, 5.41) is 0. The van der Waals surface area contributed by atoms with Crippen LogP contribution in [0.5, 0.6) is 0 Å². The number of rotatable bonds is 3. The highest BCUT2D eigenvalue weighted by Gasteiger charge is 1.86. The van der Waals surface area contributed by atoms with Gasteiger partial charge in [-0.05, 0) is 23.6 Å². The predicted octanol–water partition coefficient (Wildman–Crippen LogP) is 5.42. The van der Waals surface area contributed by atoms with Crippen LogP contribution in [0.3, 0.4) is 0 Å². The molecule has 0 spiro atoms. The summed E-state index contributed by atoms with van der Waals surface area (Å²) >= 11 is 0. The van der Waals surface area contributed by atoms with Crippen LogP contribution < -0.4 is 0 Å². The van der Waals surface area contributed by atoms with Gasteiger partial charge in [-0.25, -0.2) is 0 Å². The SMILES string of the molecule is C.C=Cc1cccc(/C=C/CC)c1.CC. The molecule has 0 nitrogen and oxygen atoms in total. The standard InChI is InChI=1S/C12H14.C2H6.CH4/c1-3-5-7-12-9-6-8-11(4-2)10-12;1-2;/h4-10H,2-3H2,1H3;1-2H3;1H4/b7-5+;;. The van der Waals surface area contributed by atoms with Crippen LogP contribution in [0.2, 0.25) is 0 Å². The van der Waals surface area contributed by atoms with Crippen molar-refractivity contribution in [2.75, 3.05) is 0 Å². The van der Waals surface area contributed by atoms with E-state index < -0.39 is 0 Å². The molecule has 0 amide bonds. The molecule has 0 radical (unpaired) electrons. The minimum atomic E-state index is 0. The van der Waals surface area contributed by atoms with Crippen LogP contribution in [0.4, 0.5) is 0 Å². The molecule has 0 atom stereocenters. The maximum atomic E-state index is 3.73. The van der Waals surface area contributed by atoms with Crippen LogP contribution in [0.25, 0.3) is 12.2 Å². The van der Waals surface area contributed by atoms with Crippen LogP contribution in [-0.2, 0) is 0 Å². The molecule has 0 aliphatic heterocycles. The monoisotopic (exact) mass is 204 g/mol. The van der Waals surface area contributed by atoms with Crippen LogP contribution in [-0.4, -0.2) is 0 Å². The lowest BCUT2D eigenvalue weighted by Crippen LogP contribution is -1.74. The van der Waals surface area contributed by atoms with Crippen molar-refractivity contribution in [1.82, 2.24) is 0 Å². The molecule has 0 aliphatic carbocycles. The summed E-state index contributed by atoms with van der Waals surface area (Å²) in [6, 6.07) is 8.32. The Kier molecular flexibility index (Phi) is 11.6. The van der Waals surface area contributed by atoms with Gasteiger partial charge in [0, 0.05) is 0 Å². The Hall–Kier alpha value is -1.30. The van der Waals surface area contributed by atoms with Gasteiger partial charge in [0.05, 0.1) is 0 Å². The van der Waals surface area contributed by atoms with Crippen molar-refractivity contribution in [3.63, 3.8) is 0 Å². The van der Waals surface area contributed by atoms with Gasteiger partial charge in [-0.2, -0.15) is 0 Å². The van der Waals surface area contributed by atoms with E-state index in [-0.39, 0.29) is 7.43 Å². The summed E-state index contributed by atoms with van der Waals surface area (Å²) in [5.74, 6) is 0. The summed E-state index contributed by atoms with van der Waals surface area (Å²) in [5.41, 5.74) is 2.42. The molecule has 1 aromatic carbocycles. The average Bonchev–Trinajstić information content (AvgIpc) is 2.29. The highest BCUT2D eigenvalue weighted by atomic mass is 13.9. The largest absolute Gasteiger partial charge is 0.0985 e. The van der Waals surface area contributed by atoms with Crippen molar-refractivity contribution in [3.8, 4) is 0 Å². The molecule has 1 aromatic rings. The Balaban J connectivity index is 0. The van der Waals surface area contributed by atoms with Gasteiger partial charge in [-0.15, -0.1) is 0 Å². The highest BCUT2D eigenvalue weighted by molar-refractivity contribution is 5.56. The maximum absolute atomic E-state index is 3.73. The van der Waals surface area contributed by atoms with E-state index in [2.05, 4.69) is 43.9 Å². The van der Waals surface area contributed by atoms with E-state index in [0.717, 1.165) is 6.42 Å². The molecule has 0 aromatic heterocycles. The van der Waals surface area contributed by atoms with Crippen LogP contribution in [0.1, 0.15) is 45.7 Å². The number of hydrogen-bond acceptors (Lipinski definition) is 0. The fourth-order valence-corrected chi connectivity index (χ4v) is 1.04. The third-order valence-corrected chi connectivity index (χ3v) is 1.69. The number of hydrogen-bond donors (Lipinski definition) is 0. The zero-order valence-electron chi connectivity index (χ0n) is 9.46. The molecule has 0 heteroatoms. The second-order valence-corrected chi connectivity index (χ2v) is 2.68. The lowest BCUT2D eigenvalue weighted by atomic mass is 10.1. The Morgan fingerprint density at radius 3 is 2.33 bits per heavy atom. The molecular formula is C15H24. The van der Waals surface area contributed by atoms with E-state index in [1.165, 1.54) is 11.1 Å². The molecule has 0 N–H and O–H groups in total. The van der Waals surface area contributed by atoms with Crippen molar-refractivity contribution in [2.45, 2.75) is 34.6 Å². The molecule has 0 saturated heterocycles. The van der Waals surface area contributed by atoms with E-state index in [9.17, 15) is 0 Å². The predicted molar refractivity (Wildman–Crippen MR) is 73.9 cm³/mol. The first-order valence-electron chi connectivity index (χ1n) is 5.26. The molecule has 1 rings (SSSR count). The van der Waals surface area contributed by atoms with E-state index >= 15 is 0 Å². The van der Waals surface area contributed by atoms with Crippen molar-refractivity contribution in [1.29, 1.82) is 0 Å². The smallest absolute Gasteiger partial charge is 0.0254 e. The lowest BCUT2D eigenvalue weighted by molar-refractivity contribution is 1.23. The topological polar surface area (TPSA) is 0 Å². The molecule has 0 unspecified atom stereocenters. The molecule has 15 heavy (non-hydrogen) atoms. The third kappa shape index (κ3) is 6.73. The quantitative estimate of drug-likeness (QED) is 0.617. The van der Waals surface area contributed by atoms with Crippen LogP contribution >= 0.6 is 0 Å². The Morgan fingerprint density at radius 2 is 1.80 bits per heavy atom. The molecule has 0 fully saturated rings. The highest BCUT2D eigenvalue weighted by Crippen LogP contribution is 2.08. The summed E-state index contributed by atoms with van der Waals surface area (Å²) in [7, 11) is 0. The average molecular weight is 204 g/mol. The normalized spacial score (nSPS) is 8.73. The Labute approximate surface area is 95.3 Å². The van der Waals surface area contributed by atoms with Gasteiger partial charge in [0.25, 0.3) is 0 Å². The molecule has 0 heterocycles. The van der Waals surface area contributed by atoms with Crippen LogP contribution in [0, 0.1) is 0 Å². The van der Waals surface area contributed by atoms with E-state index in [0.29, 0.717) is 0 Å². The van der Waals surface area contributed by atoms with E-state index in [1.54, 1.807) is 0 Å². The van der Waals surface area contributed by atoms with Crippen molar-refractivity contribution in [3.05, 3.63) is 48.0 Å². The summed E-state index contributed by atoms with van der Waals surface area (Å²) in [4.78, 5) is 0. The zero-order chi connectivity index (χ0) is 10.8. The van der Waals surface area contributed by atoms with Crippen molar-refractivity contribution < 1.29 is 0 Å². The summed E-state index contributed by atoms with van der Waals surface area (Å²) in [6.07, 6.45) is 7.23. The van der Waals surface area contributed by atoms with E-state index in [1.807, 2.05) is 26.0 Å². The summed E-state index contributed by atoms with van der Waals surface area (Å²) < 4.78 is 0. The fourth-order valence-electron chi connectivity index (χ4n) is 1.04. The van der Waals surface area contributed by atoms with Crippen molar-refractivity contribution >= 4 is 12.2 Å². The number of allylic oxidation sites excluding steroid dienone is 1. The lowest BCUT2D eigenvalue weighted by Gasteiger charge is -1.95. The van der Waals surface area contributed by atoms with Gasteiger partial charge in [0.15, 0.2) is 0 Å². The third-order valence-electron chi connectivity index (χ3n) is 1.69. The van der Waals surface area contributed by atoms with Gasteiger partial charge in [0.1, 0.15) is 0 Å².